The fraction of sp³-hybridized carbons (Fsp3) is 0.400. The van der Waals surface area contributed by atoms with Crippen LogP contribution in [0.3, 0.4) is 0 Å². The molecule has 0 fully saturated rings. The second-order valence-corrected chi connectivity index (χ2v) is 7.27. The third-order valence-electron chi connectivity index (χ3n) is 5.07. The number of aromatic nitrogens is 2. The van der Waals surface area contributed by atoms with Gasteiger partial charge in [-0.2, -0.15) is 0 Å². The van der Waals surface area contributed by atoms with Gasteiger partial charge in [-0.05, 0) is 29.9 Å². The Labute approximate surface area is 152 Å². The quantitative estimate of drug-likeness (QED) is 0.919. The zero-order valence-corrected chi connectivity index (χ0v) is 14.9. The molecule has 2 aliphatic rings. The maximum absolute atomic E-state index is 12.4. The number of nitrogens with one attached hydrogen (secondary N) is 1. The second kappa shape index (κ2) is 6.96. The van der Waals surface area contributed by atoms with E-state index in [2.05, 4.69) is 38.4 Å². The van der Waals surface area contributed by atoms with Gasteiger partial charge in [-0.1, -0.05) is 31.2 Å². The maximum atomic E-state index is 12.4. The van der Waals surface area contributed by atoms with Gasteiger partial charge in [-0.25, -0.2) is 9.97 Å². The summed E-state index contributed by atoms with van der Waals surface area (Å²) in [5.74, 6) is 0.526. The van der Waals surface area contributed by atoms with Gasteiger partial charge in [0.2, 0.25) is 11.9 Å². The molecule has 1 aliphatic heterocycles. The molecule has 0 saturated carbocycles. The van der Waals surface area contributed by atoms with Crippen LogP contribution < -0.4 is 5.32 Å². The first-order valence-corrected chi connectivity index (χ1v) is 9.06. The summed E-state index contributed by atoms with van der Waals surface area (Å²) in [4.78, 5) is 35.1. The molecule has 0 saturated heterocycles. The second-order valence-electron chi connectivity index (χ2n) is 7.27. The Morgan fingerprint density at radius 2 is 2.08 bits per heavy atom. The van der Waals surface area contributed by atoms with Crippen LogP contribution in [0.4, 0.5) is 5.95 Å². The van der Waals surface area contributed by atoms with Gasteiger partial charge in [-0.3, -0.25) is 19.8 Å². The molecule has 2 heterocycles. The van der Waals surface area contributed by atoms with Gasteiger partial charge in [0.15, 0.2) is 5.78 Å². The van der Waals surface area contributed by atoms with E-state index in [9.17, 15) is 9.59 Å². The number of nitrogens with zero attached hydrogens (tertiary/aromatic N) is 3. The van der Waals surface area contributed by atoms with E-state index in [1.165, 1.54) is 11.1 Å². The number of rotatable bonds is 3. The van der Waals surface area contributed by atoms with Crippen LogP contribution in [0.5, 0.6) is 0 Å². The van der Waals surface area contributed by atoms with Crippen LogP contribution in [0, 0.1) is 5.92 Å². The summed E-state index contributed by atoms with van der Waals surface area (Å²) in [6.07, 6.45) is 3.79. The molecular weight excluding hydrogens is 328 g/mol. The van der Waals surface area contributed by atoms with E-state index in [1.54, 1.807) is 6.20 Å². The van der Waals surface area contributed by atoms with Gasteiger partial charge in [0.25, 0.3) is 0 Å². The number of anilines is 1. The molecule has 26 heavy (non-hydrogen) atoms. The van der Waals surface area contributed by atoms with Gasteiger partial charge in [-0.15, -0.1) is 0 Å². The highest BCUT2D eigenvalue weighted by Gasteiger charge is 2.25. The molecule has 1 amide bonds. The van der Waals surface area contributed by atoms with Crippen molar-refractivity contribution in [1.29, 1.82) is 0 Å². The van der Waals surface area contributed by atoms with E-state index in [0.29, 0.717) is 18.5 Å². The average Bonchev–Trinajstić information content (AvgIpc) is 2.61. The molecule has 1 atom stereocenters. The highest BCUT2D eigenvalue weighted by molar-refractivity contribution is 5.98. The van der Waals surface area contributed by atoms with Crippen molar-refractivity contribution >= 4 is 17.6 Å². The standard InChI is InChI=1S/C20H22N4O2/c1-13-8-17-16(18(25)9-13)10-21-20(22-17)23-19(26)12-24-7-6-14-4-2-3-5-15(14)11-24/h2-5,10,13H,6-9,11-12H2,1H3,(H,21,22,23,26). The summed E-state index contributed by atoms with van der Waals surface area (Å²) < 4.78 is 0. The van der Waals surface area contributed by atoms with Crippen molar-refractivity contribution in [3.63, 3.8) is 0 Å². The normalized spacial score (nSPS) is 19.6. The van der Waals surface area contributed by atoms with Crippen LogP contribution in [0.15, 0.2) is 30.5 Å². The fourth-order valence-electron chi connectivity index (χ4n) is 3.75. The van der Waals surface area contributed by atoms with Crippen molar-refractivity contribution in [2.75, 3.05) is 18.4 Å². The van der Waals surface area contributed by atoms with E-state index >= 15 is 0 Å². The summed E-state index contributed by atoms with van der Waals surface area (Å²) in [5.41, 5.74) is 3.98. The van der Waals surface area contributed by atoms with Crippen LogP contribution in [-0.4, -0.2) is 39.6 Å². The molecule has 6 nitrogen and oxygen atoms in total. The van der Waals surface area contributed by atoms with Gasteiger partial charge < -0.3 is 0 Å². The van der Waals surface area contributed by atoms with Crippen molar-refractivity contribution in [1.82, 2.24) is 14.9 Å². The van der Waals surface area contributed by atoms with E-state index in [0.717, 1.165) is 31.6 Å². The predicted molar refractivity (Wildman–Crippen MR) is 97.9 cm³/mol. The number of hydrogen-bond acceptors (Lipinski definition) is 5. The number of carbonyl (C=O) groups excluding carboxylic acids is 2. The number of fused-ring (bicyclic) bond motifs is 2. The molecule has 1 aromatic heterocycles. The average molecular weight is 350 g/mol. The van der Waals surface area contributed by atoms with Crippen LogP contribution in [0.25, 0.3) is 0 Å². The van der Waals surface area contributed by atoms with Crippen molar-refractivity contribution in [2.45, 2.75) is 32.7 Å². The monoisotopic (exact) mass is 350 g/mol. The Balaban J connectivity index is 1.40. The minimum atomic E-state index is -0.125. The lowest BCUT2D eigenvalue weighted by Crippen LogP contribution is -2.37. The SMILES string of the molecule is CC1CC(=O)c2cnc(NC(=O)CN3CCc4ccccc4C3)nc2C1. The van der Waals surface area contributed by atoms with Gasteiger partial charge in [0.05, 0.1) is 17.8 Å². The number of benzene rings is 1. The van der Waals surface area contributed by atoms with Crippen LogP contribution in [0.2, 0.25) is 0 Å². The maximum Gasteiger partial charge on any atom is 0.240 e. The first-order valence-electron chi connectivity index (χ1n) is 9.06. The van der Waals surface area contributed by atoms with Crippen LogP contribution in [-0.2, 0) is 24.2 Å². The number of Topliss-reactive ketones (excluding diaryl/α,β-unsaturated/α-hetero) is 1. The molecule has 4 rings (SSSR count). The molecule has 134 valence electrons. The van der Waals surface area contributed by atoms with Crippen molar-refractivity contribution in [2.24, 2.45) is 5.92 Å². The largest absolute Gasteiger partial charge is 0.294 e. The van der Waals surface area contributed by atoms with E-state index < -0.39 is 0 Å². The van der Waals surface area contributed by atoms with Gasteiger partial charge >= 0.3 is 0 Å². The van der Waals surface area contributed by atoms with Gasteiger partial charge in [0, 0.05) is 25.7 Å². The van der Waals surface area contributed by atoms with Crippen molar-refractivity contribution in [3.05, 3.63) is 52.8 Å². The van der Waals surface area contributed by atoms with E-state index in [-0.39, 0.29) is 23.6 Å². The lowest BCUT2D eigenvalue weighted by atomic mass is 9.88. The molecule has 1 unspecified atom stereocenters. The summed E-state index contributed by atoms with van der Waals surface area (Å²) in [6, 6.07) is 8.35. The van der Waals surface area contributed by atoms with E-state index in [4.69, 9.17) is 0 Å². The lowest BCUT2D eigenvalue weighted by molar-refractivity contribution is -0.117. The Morgan fingerprint density at radius 3 is 2.92 bits per heavy atom. The fourth-order valence-corrected chi connectivity index (χ4v) is 3.75. The summed E-state index contributed by atoms with van der Waals surface area (Å²) >= 11 is 0. The van der Waals surface area contributed by atoms with E-state index in [1.807, 2.05) is 13.0 Å². The molecule has 1 aliphatic carbocycles. The molecular formula is C20H22N4O2. The molecule has 6 heteroatoms. The third-order valence-corrected chi connectivity index (χ3v) is 5.07. The Bertz CT molecular complexity index is 865. The Kier molecular flexibility index (Phi) is 4.51. The minimum absolute atomic E-state index is 0.0867. The number of carbonyl (C=O) groups is 2. The molecule has 1 N–H and O–H groups in total. The highest BCUT2D eigenvalue weighted by Crippen LogP contribution is 2.24. The first kappa shape index (κ1) is 16.8. The molecule has 2 aromatic rings. The van der Waals surface area contributed by atoms with Crippen molar-refractivity contribution < 1.29 is 9.59 Å². The zero-order valence-electron chi connectivity index (χ0n) is 14.9. The van der Waals surface area contributed by atoms with Crippen LogP contribution >= 0.6 is 0 Å². The molecule has 1 aromatic carbocycles. The smallest absolute Gasteiger partial charge is 0.240 e. The van der Waals surface area contributed by atoms with Gasteiger partial charge in [0.1, 0.15) is 0 Å². The highest BCUT2D eigenvalue weighted by atomic mass is 16.2. The molecule has 0 spiro atoms. The number of hydrogen-bond donors (Lipinski definition) is 1. The third kappa shape index (κ3) is 3.51. The zero-order chi connectivity index (χ0) is 18.1. The van der Waals surface area contributed by atoms with Crippen molar-refractivity contribution in [3.8, 4) is 0 Å². The summed E-state index contributed by atoms with van der Waals surface area (Å²) in [6.45, 7) is 3.99. The molecule has 0 bridgehead atoms. The predicted octanol–water partition coefficient (Wildman–Crippen LogP) is 2.24. The summed E-state index contributed by atoms with van der Waals surface area (Å²) in [5, 5.41) is 2.78. The van der Waals surface area contributed by atoms with Crippen LogP contribution in [0.1, 0.15) is 40.5 Å². The number of amides is 1. The Morgan fingerprint density at radius 1 is 1.27 bits per heavy atom. The molecule has 0 radical (unpaired) electrons. The number of ketones is 1. The summed E-state index contributed by atoms with van der Waals surface area (Å²) in [7, 11) is 0. The first-order chi connectivity index (χ1) is 12.6. The Hall–Kier alpha value is -2.60. The minimum Gasteiger partial charge on any atom is -0.294 e. The lowest BCUT2D eigenvalue weighted by Gasteiger charge is -2.28. The topological polar surface area (TPSA) is 75.2 Å².